The summed E-state index contributed by atoms with van der Waals surface area (Å²) in [6, 6.07) is 0. The van der Waals surface area contributed by atoms with E-state index in [9.17, 15) is 4.79 Å². The van der Waals surface area contributed by atoms with Crippen LogP contribution in [0.25, 0.3) is 0 Å². The number of methoxy groups -OCH3 is 1. The second kappa shape index (κ2) is 11.1. The molecular weight excluding hydrogens is 419 g/mol. The van der Waals surface area contributed by atoms with Gasteiger partial charge in [-0.15, -0.1) is 24.0 Å². The number of aliphatic imine (C=N–C) groups is 1. The number of halogens is 1. The van der Waals surface area contributed by atoms with Crippen molar-refractivity contribution in [2.45, 2.75) is 44.9 Å². The molecule has 1 aliphatic heterocycles. The summed E-state index contributed by atoms with van der Waals surface area (Å²) in [5, 5.41) is 6.55. The summed E-state index contributed by atoms with van der Waals surface area (Å²) in [7, 11) is 3.51. The van der Waals surface area contributed by atoms with Crippen molar-refractivity contribution in [2.24, 2.45) is 10.4 Å². The first-order chi connectivity index (χ1) is 11.2. The van der Waals surface area contributed by atoms with Crippen LogP contribution in [0.4, 0.5) is 0 Å². The van der Waals surface area contributed by atoms with E-state index in [1.54, 1.807) is 14.2 Å². The van der Waals surface area contributed by atoms with Crippen LogP contribution in [-0.4, -0.2) is 63.7 Å². The highest BCUT2D eigenvalue weighted by molar-refractivity contribution is 14.0. The Balaban J connectivity index is 0.00000288. The van der Waals surface area contributed by atoms with Gasteiger partial charge in [0.05, 0.1) is 6.54 Å². The Kier molecular flexibility index (Phi) is 9.95. The predicted octanol–water partition coefficient (Wildman–Crippen LogP) is 1.99. The number of ether oxygens (including phenoxy) is 1. The molecule has 1 amide bonds. The number of likely N-dealkylation sites (tertiary alicyclic amines) is 1. The van der Waals surface area contributed by atoms with Crippen LogP contribution in [-0.2, 0) is 9.53 Å². The molecule has 7 heteroatoms. The van der Waals surface area contributed by atoms with Crippen molar-refractivity contribution in [2.75, 3.05) is 46.9 Å². The first-order valence-electron chi connectivity index (χ1n) is 8.90. The van der Waals surface area contributed by atoms with E-state index in [-0.39, 0.29) is 29.9 Å². The summed E-state index contributed by atoms with van der Waals surface area (Å²) >= 11 is 0. The quantitative estimate of drug-likeness (QED) is 0.352. The lowest BCUT2D eigenvalue weighted by molar-refractivity contribution is -0.130. The third kappa shape index (κ3) is 6.38. The minimum Gasteiger partial charge on any atom is -0.385 e. The number of amides is 1. The minimum absolute atomic E-state index is 0. The zero-order valence-corrected chi connectivity index (χ0v) is 17.4. The maximum atomic E-state index is 12.2. The molecule has 6 nitrogen and oxygen atoms in total. The molecule has 0 spiro atoms. The van der Waals surface area contributed by atoms with E-state index in [1.165, 1.54) is 25.7 Å². The molecule has 0 aromatic carbocycles. The van der Waals surface area contributed by atoms with Gasteiger partial charge in [0, 0.05) is 40.4 Å². The van der Waals surface area contributed by atoms with Gasteiger partial charge in [-0.25, -0.2) is 0 Å². The van der Waals surface area contributed by atoms with Crippen LogP contribution in [0.5, 0.6) is 0 Å². The zero-order valence-electron chi connectivity index (χ0n) is 15.1. The zero-order chi connectivity index (χ0) is 16.5. The molecule has 0 bridgehead atoms. The molecule has 0 aromatic heterocycles. The summed E-state index contributed by atoms with van der Waals surface area (Å²) in [6.45, 7) is 3.82. The summed E-state index contributed by atoms with van der Waals surface area (Å²) in [5.74, 6) is 0.893. The van der Waals surface area contributed by atoms with Crippen molar-refractivity contribution in [3.63, 3.8) is 0 Å². The average Bonchev–Trinajstić information content (AvgIpc) is 2.56. The van der Waals surface area contributed by atoms with E-state index >= 15 is 0 Å². The largest absolute Gasteiger partial charge is 0.385 e. The Morgan fingerprint density at radius 2 is 1.88 bits per heavy atom. The summed E-state index contributed by atoms with van der Waals surface area (Å²) in [4.78, 5) is 18.4. The predicted molar refractivity (Wildman–Crippen MR) is 108 cm³/mol. The number of nitrogens with one attached hydrogen (secondary N) is 2. The molecule has 0 unspecified atom stereocenters. The smallest absolute Gasteiger partial charge is 0.241 e. The van der Waals surface area contributed by atoms with Crippen molar-refractivity contribution in [1.29, 1.82) is 0 Å². The molecule has 1 saturated heterocycles. The van der Waals surface area contributed by atoms with Crippen molar-refractivity contribution in [3.05, 3.63) is 0 Å². The Labute approximate surface area is 163 Å². The maximum Gasteiger partial charge on any atom is 0.241 e. The van der Waals surface area contributed by atoms with Gasteiger partial charge < -0.3 is 20.3 Å². The van der Waals surface area contributed by atoms with Gasteiger partial charge >= 0.3 is 0 Å². The molecular formula is C17H33IN4O2. The van der Waals surface area contributed by atoms with Gasteiger partial charge in [-0.05, 0) is 43.9 Å². The summed E-state index contributed by atoms with van der Waals surface area (Å²) in [6.07, 6.45) is 8.36. The number of hydrogen-bond acceptors (Lipinski definition) is 3. The fourth-order valence-electron chi connectivity index (χ4n) is 3.42. The van der Waals surface area contributed by atoms with Gasteiger partial charge in [0.2, 0.25) is 5.91 Å². The van der Waals surface area contributed by atoms with Crippen molar-refractivity contribution in [3.8, 4) is 0 Å². The van der Waals surface area contributed by atoms with E-state index in [0.717, 1.165) is 51.5 Å². The Morgan fingerprint density at radius 3 is 2.42 bits per heavy atom. The second-order valence-corrected chi connectivity index (χ2v) is 6.82. The van der Waals surface area contributed by atoms with Crippen LogP contribution < -0.4 is 10.6 Å². The molecule has 2 N–H and O–H groups in total. The molecule has 1 heterocycles. The fraction of sp³-hybridized carbons (Fsp3) is 0.882. The molecule has 1 saturated carbocycles. The SMILES string of the molecule is CN=C(NCC(=O)N1CCCCC1)NCC1(CCOC)CCC1.I. The van der Waals surface area contributed by atoms with Gasteiger partial charge in [-0.1, -0.05) is 6.42 Å². The first-order valence-corrected chi connectivity index (χ1v) is 8.90. The number of carbonyl (C=O) groups is 1. The Hall–Kier alpha value is -0.570. The lowest BCUT2D eigenvalue weighted by Crippen LogP contribution is -2.49. The average molecular weight is 452 g/mol. The summed E-state index contributed by atoms with van der Waals surface area (Å²) < 4.78 is 5.23. The molecule has 0 radical (unpaired) electrons. The summed E-state index contributed by atoms with van der Waals surface area (Å²) in [5.41, 5.74) is 0.338. The lowest BCUT2D eigenvalue weighted by atomic mass is 9.67. The highest BCUT2D eigenvalue weighted by Gasteiger charge is 2.36. The van der Waals surface area contributed by atoms with Crippen LogP contribution in [0, 0.1) is 5.41 Å². The van der Waals surface area contributed by atoms with Crippen molar-refractivity contribution >= 4 is 35.8 Å². The standard InChI is InChI=1S/C17H32N4O2.HI/c1-18-16(19-13-15(22)21-10-4-3-5-11-21)20-14-17(7-6-8-17)9-12-23-2;/h3-14H2,1-2H3,(H2,18,19,20);1H. The molecule has 0 aromatic rings. The highest BCUT2D eigenvalue weighted by Crippen LogP contribution is 2.43. The molecule has 0 atom stereocenters. The molecule has 2 fully saturated rings. The molecule has 140 valence electrons. The molecule has 24 heavy (non-hydrogen) atoms. The van der Waals surface area contributed by atoms with Crippen molar-refractivity contribution in [1.82, 2.24) is 15.5 Å². The number of nitrogens with zero attached hydrogens (tertiary/aromatic N) is 2. The van der Waals surface area contributed by atoms with Gasteiger partial charge in [0.1, 0.15) is 0 Å². The molecule has 2 rings (SSSR count). The highest BCUT2D eigenvalue weighted by atomic mass is 127. The lowest BCUT2D eigenvalue weighted by Gasteiger charge is -2.42. The van der Waals surface area contributed by atoms with Crippen LogP contribution in [0.2, 0.25) is 0 Å². The first kappa shape index (κ1) is 21.5. The number of carbonyl (C=O) groups excluding carboxylic acids is 1. The number of guanidine groups is 1. The molecule has 1 aliphatic carbocycles. The Morgan fingerprint density at radius 1 is 1.17 bits per heavy atom. The van der Waals surface area contributed by atoms with Gasteiger partial charge in [0.15, 0.2) is 5.96 Å². The normalized spacial score (nSPS) is 19.9. The third-order valence-electron chi connectivity index (χ3n) is 5.22. The maximum absolute atomic E-state index is 12.2. The van der Waals surface area contributed by atoms with Gasteiger partial charge in [0.25, 0.3) is 0 Å². The van der Waals surface area contributed by atoms with Crippen LogP contribution in [0.15, 0.2) is 4.99 Å². The topological polar surface area (TPSA) is 66.0 Å². The van der Waals surface area contributed by atoms with Gasteiger partial charge in [-0.2, -0.15) is 0 Å². The van der Waals surface area contributed by atoms with Crippen LogP contribution in [0.1, 0.15) is 44.9 Å². The van der Waals surface area contributed by atoms with Crippen LogP contribution in [0.3, 0.4) is 0 Å². The third-order valence-corrected chi connectivity index (χ3v) is 5.22. The number of rotatable bonds is 7. The number of piperidine rings is 1. The van der Waals surface area contributed by atoms with E-state index < -0.39 is 0 Å². The van der Waals surface area contributed by atoms with E-state index in [0.29, 0.717) is 12.0 Å². The minimum atomic E-state index is 0. The van der Waals surface area contributed by atoms with Crippen LogP contribution >= 0.6 is 24.0 Å². The van der Waals surface area contributed by atoms with Gasteiger partial charge in [-0.3, -0.25) is 9.79 Å². The van der Waals surface area contributed by atoms with Crippen molar-refractivity contribution < 1.29 is 9.53 Å². The van der Waals surface area contributed by atoms with E-state index in [4.69, 9.17) is 4.74 Å². The second-order valence-electron chi connectivity index (χ2n) is 6.82. The van der Waals surface area contributed by atoms with E-state index in [2.05, 4.69) is 15.6 Å². The fourth-order valence-corrected chi connectivity index (χ4v) is 3.42. The number of hydrogen-bond donors (Lipinski definition) is 2. The van der Waals surface area contributed by atoms with E-state index in [1.807, 2.05) is 4.90 Å². The monoisotopic (exact) mass is 452 g/mol. The Bertz CT molecular complexity index is 407. The molecule has 2 aliphatic rings.